The van der Waals surface area contributed by atoms with Crippen molar-refractivity contribution in [1.29, 1.82) is 0 Å². The first-order chi connectivity index (χ1) is 9.08. The van der Waals surface area contributed by atoms with Gasteiger partial charge < -0.3 is 10.3 Å². The van der Waals surface area contributed by atoms with Gasteiger partial charge in [-0.2, -0.15) is 11.8 Å². The van der Waals surface area contributed by atoms with Gasteiger partial charge in [0.15, 0.2) is 0 Å². The number of hydrogen-bond donors (Lipinski definition) is 1. The number of anilines is 1. The third kappa shape index (κ3) is 2.73. The van der Waals surface area contributed by atoms with E-state index in [1.807, 2.05) is 23.9 Å². The molecule has 1 atom stereocenters. The number of fused-ring (bicyclic) bond motifs is 1. The number of thioether (sulfide) groups is 1. The molecule has 2 N–H and O–H groups in total. The topological polar surface area (TPSA) is 43.8 Å². The van der Waals surface area contributed by atoms with Crippen LogP contribution >= 0.6 is 11.8 Å². The summed E-state index contributed by atoms with van der Waals surface area (Å²) in [6, 6.07) is 6.55. The Labute approximate surface area is 119 Å². The molecule has 0 fully saturated rings. The Bertz CT molecular complexity index is 560. The minimum absolute atomic E-state index is 0.421. The lowest BCUT2D eigenvalue weighted by atomic mass is 10.1. The first-order valence-corrected chi connectivity index (χ1v) is 8.24. The SMILES string of the molecule is CCC(CSC)n1c(C(C)C)nc2cc(N)ccc21. The lowest BCUT2D eigenvalue weighted by Crippen LogP contribution is -2.14. The number of nitrogens with zero attached hydrogens (tertiary/aromatic N) is 2. The van der Waals surface area contributed by atoms with E-state index in [1.54, 1.807) is 0 Å². The summed E-state index contributed by atoms with van der Waals surface area (Å²) in [5.74, 6) is 2.71. The van der Waals surface area contributed by atoms with E-state index >= 15 is 0 Å². The van der Waals surface area contributed by atoms with Crippen molar-refractivity contribution in [2.75, 3.05) is 17.7 Å². The average Bonchev–Trinajstić information content (AvgIpc) is 2.74. The highest BCUT2D eigenvalue weighted by Crippen LogP contribution is 2.29. The van der Waals surface area contributed by atoms with Crippen molar-refractivity contribution < 1.29 is 0 Å². The van der Waals surface area contributed by atoms with Gasteiger partial charge in [0, 0.05) is 23.4 Å². The van der Waals surface area contributed by atoms with Crippen LogP contribution in [-0.4, -0.2) is 21.6 Å². The zero-order valence-corrected chi connectivity index (χ0v) is 13.0. The molecule has 0 saturated carbocycles. The molecule has 1 unspecified atom stereocenters. The van der Waals surface area contributed by atoms with E-state index < -0.39 is 0 Å². The number of hydrogen-bond acceptors (Lipinski definition) is 3. The lowest BCUT2D eigenvalue weighted by Gasteiger charge is -2.21. The van der Waals surface area contributed by atoms with Crippen LogP contribution in [0.4, 0.5) is 5.69 Å². The monoisotopic (exact) mass is 277 g/mol. The molecule has 0 aliphatic rings. The molecule has 0 radical (unpaired) electrons. The van der Waals surface area contributed by atoms with Crippen molar-refractivity contribution in [1.82, 2.24) is 9.55 Å². The predicted octanol–water partition coefficient (Wildman–Crippen LogP) is 4.06. The van der Waals surface area contributed by atoms with Gasteiger partial charge in [-0.15, -0.1) is 0 Å². The van der Waals surface area contributed by atoms with Crippen LogP contribution in [0.5, 0.6) is 0 Å². The summed E-state index contributed by atoms with van der Waals surface area (Å²) >= 11 is 1.89. The zero-order chi connectivity index (χ0) is 14.0. The summed E-state index contributed by atoms with van der Waals surface area (Å²) in [6.45, 7) is 6.65. The minimum Gasteiger partial charge on any atom is -0.399 e. The van der Waals surface area contributed by atoms with Gasteiger partial charge in [0.25, 0.3) is 0 Å². The Morgan fingerprint density at radius 2 is 2.11 bits per heavy atom. The zero-order valence-electron chi connectivity index (χ0n) is 12.2. The van der Waals surface area contributed by atoms with E-state index in [-0.39, 0.29) is 0 Å². The van der Waals surface area contributed by atoms with E-state index in [1.165, 1.54) is 11.3 Å². The number of nitrogen functional groups attached to an aromatic ring is 1. The summed E-state index contributed by atoms with van der Waals surface area (Å²) in [6.07, 6.45) is 3.28. The molecule has 4 heteroatoms. The van der Waals surface area contributed by atoms with Crippen molar-refractivity contribution >= 4 is 28.5 Å². The van der Waals surface area contributed by atoms with Gasteiger partial charge >= 0.3 is 0 Å². The molecule has 0 aliphatic heterocycles. The molecule has 19 heavy (non-hydrogen) atoms. The fraction of sp³-hybridized carbons (Fsp3) is 0.533. The first-order valence-electron chi connectivity index (χ1n) is 6.84. The van der Waals surface area contributed by atoms with Gasteiger partial charge in [-0.25, -0.2) is 4.98 Å². The maximum atomic E-state index is 5.87. The van der Waals surface area contributed by atoms with Crippen LogP contribution in [0.1, 0.15) is 45.0 Å². The molecule has 1 aromatic heterocycles. The Morgan fingerprint density at radius 1 is 1.37 bits per heavy atom. The summed E-state index contributed by atoms with van der Waals surface area (Å²) in [7, 11) is 0. The third-order valence-corrected chi connectivity index (χ3v) is 4.17. The largest absolute Gasteiger partial charge is 0.399 e. The number of nitrogens with two attached hydrogens (primary N) is 1. The van der Waals surface area contributed by atoms with Crippen molar-refractivity contribution in [3.05, 3.63) is 24.0 Å². The molecular formula is C15H23N3S. The molecule has 1 heterocycles. The molecule has 1 aromatic carbocycles. The van der Waals surface area contributed by atoms with E-state index in [2.05, 4.69) is 37.7 Å². The quantitative estimate of drug-likeness (QED) is 0.838. The van der Waals surface area contributed by atoms with E-state index in [0.717, 1.165) is 23.4 Å². The Kier molecular flexibility index (Phi) is 4.40. The number of aromatic nitrogens is 2. The second kappa shape index (κ2) is 5.87. The maximum absolute atomic E-state index is 5.87. The summed E-state index contributed by atoms with van der Waals surface area (Å²) < 4.78 is 2.41. The first kappa shape index (κ1) is 14.3. The summed E-state index contributed by atoms with van der Waals surface area (Å²) in [5.41, 5.74) is 8.88. The predicted molar refractivity (Wildman–Crippen MR) is 85.9 cm³/mol. The molecular weight excluding hydrogens is 254 g/mol. The lowest BCUT2D eigenvalue weighted by molar-refractivity contribution is 0.517. The summed E-state index contributed by atoms with van der Waals surface area (Å²) in [5, 5.41) is 0. The fourth-order valence-electron chi connectivity index (χ4n) is 2.49. The Morgan fingerprint density at radius 3 is 2.68 bits per heavy atom. The second-order valence-electron chi connectivity index (χ2n) is 5.26. The van der Waals surface area contributed by atoms with Crippen LogP contribution in [0.3, 0.4) is 0 Å². The molecule has 2 aromatic rings. The van der Waals surface area contributed by atoms with Crippen molar-refractivity contribution in [3.8, 4) is 0 Å². The normalized spacial score (nSPS) is 13.3. The third-order valence-electron chi connectivity index (χ3n) is 3.45. The minimum atomic E-state index is 0.421. The van der Waals surface area contributed by atoms with Crippen LogP contribution in [0.2, 0.25) is 0 Å². The highest BCUT2D eigenvalue weighted by molar-refractivity contribution is 7.98. The Hall–Kier alpha value is -1.16. The second-order valence-corrected chi connectivity index (χ2v) is 6.17. The van der Waals surface area contributed by atoms with Crippen LogP contribution in [0, 0.1) is 0 Å². The molecule has 3 nitrogen and oxygen atoms in total. The molecule has 2 rings (SSSR count). The standard InChI is InChI=1S/C15H23N3S/c1-5-12(9-19-4)18-14-7-6-11(16)8-13(14)17-15(18)10(2)3/h6-8,10,12H,5,9,16H2,1-4H3. The van der Waals surface area contributed by atoms with Crippen molar-refractivity contribution in [2.45, 2.75) is 39.2 Å². The molecule has 0 spiro atoms. The van der Waals surface area contributed by atoms with E-state index in [9.17, 15) is 0 Å². The molecule has 104 valence electrons. The van der Waals surface area contributed by atoms with Gasteiger partial charge in [-0.1, -0.05) is 20.8 Å². The van der Waals surface area contributed by atoms with Crippen LogP contribution in [-0.2, 0) is 0 Å². The number of rotatable bonds is 5. The highest BCUT2D eigenvalue weighted by Gasteiger charge is 2.19. The number of imidazole rings is 1. The average molecular weight is 277 g/mol. The maximum Gasteiger partial charge on any atom is 0.112 e. The van der Waals surface area contributed by atoms with E-state index in [4.69, 9.17) is 10.7 Å². The van der Waals surface area contributed by atoms with Crippen molar-refractivity contribution in [3.63, 3.8) is 0 Å². The van der Waals surface area contributed by atoms with Gasteiger partial charge in [-0.3, -0.25) is 0 Å². The molecule has 0 saturated heterocycles. The van der Waals surface area contributed by atoms with Gasteiger partial charge in [0.2, 0.25) is 0 Å². The van der Waals surface area contributed by atoms with Gasteiger partial charge in [-0.05, 0) is 30.9 Å². The van der Waals surface area contributed by atoms with Crippen LogP contribution in [0.25, 0.3) is 11.0 Å². The van der Waals surface area contributed by atoms with Gasteiger partial charge in [0.1, 0.15) is 5.82 Å². The van der Waals surface area contributed by atoms with Crippen molar-refractivity contribution in [2.24, 2.45) is 0 Å². The molecule has 0 aliphatic carbocycles. The van der Waals surface area contributed by atoms with E-state index in [0.29, 0.717) is 12.0 Å². The fourth-order valence-corrected chi connectivity index (χ4v) is 3.26. The molecule has 0 amide bonds. The smallest absolute Gasteiger partial charge is 0.112 e. The highest BCUT2D eigenvalue weighted by atomic mass is 32.2. The number of benzene rings is 1. The van der Waals surface area contributed by atoms with Gasteiger partial charge in [0.05, 0.1) is 11.0 Å². The van der Waals surface area contributed by atoms with Crippen LogP contribution in [0.15, 0.2) is 18.2 Å². The van der Waals surface area contributed by atoms with Crippen LogP contribution < -0.4 is 5.73 Å². The molecule has 0 bridgehead atoms. The summed E-state index contributed by atoms with van der Waals surface area (Å²) in [4.78, 5) is 4.80. The Balaban J connectivity index is 2.63.